The normalized spacial score (nSPS) is 26.1. The van der Waals surface area contributed by atoms with Gasteiger partial charge in [-0.2, -0.15) is 0 Å². The fraction of sp³-hybridized carbons (Fsp3) is 0.600. The molecule has 2 heteroatoms. The van der Waals surface area contributed by atoms with Gasteiger partial charge in [0.2, 0.25) is 0 Å². The van der Waals surface area contributed by atoms with Crippen molar-refractivity contribution in [1.29, 1.82) is 0 Å². The zero-order chi connectivity index (χ0) is 12.3. The van der Waals surface area contributed by atoms with Crippen molar-refractivity contribution in [3.05, 3.63) is 35.4 Å². The Bertz CT molecular complexity index is 346. The van der Waals surface area contributed by atoms with E-state index in [0.717, 1.165) is 25.7 Å². The molecule has 0 aromatic heterocycles. The lowest BCUT2D eigenvalue weighted by atomic mass is 10.0. The molecular formula is C15H23NO. The molecule has 1 aromatic carbocycles. The van der Waals surface area contributed by atoms with Crippen molar-refractivity contribution in [2.75, 3.05) is 0 Å². The molecule has 0 heterocycles. The first-order valence-corrected chi connectivity index (χ1v) is 6.73. The lowest BCUT2D eigenvalue weighted by Crippen LogP contribution is -2.37. The van der Waals surface area contributed by atoms with Crippen LogP contribution >= 0.6 is 0 Å². The second-order valence-electron chi connectivity index (χ2n) is 5.09. The molecule has 1 unspecified atom stereocenters. The maximum atomic E-state index is 9.80. The fourth-order valence-electron chi connectivity index (χ4n) is 2.59. The lowest BCUT2D eigenvalue weighted by molar-refractivity contribution is 0.144. The van der Waals surface area contributed by atoms with Crippen LogP contribution in [-0.4, -0.2) is 17.3 Å². The molecule has 0 radical (unpaired) electrons. The first kappa shape index (κ1) is 12.6. The van der Waals surface area contributed by atoms with Crippen LogP contribution in [0.15, 0.2) is 24.3 Å². The number of hydrogen-bond donors (Lipinski definition) is 2. The molecule has 0 amide bonds. The Kier molecular flexibility index (Phi) is 4.19. The molecule has 0 spiro atoms. The highest BCUT2D eigenvalue weighted by molar-refractivity contribution is 5.24. The molecule has 94 valence electrons. The molecule has 1 saturated carbocycles. The van der Waals surface area contributed by atoms with Gasteiger partial charge in [0.1, 0.15) is 0 Å². The first-order chi connectivity index (χ1) is 8.20. The number of aliphatic hydroxyl groups is 1. The van der Waals surface area contributed by atoms with Crippen LogP contribution in [-0.2, 0) is 6.42 Å². The zero-order valence-electron chi connectivity index (χ0n) is 10.8. The highest BCUT2D eigenvalue weighted by Crippen LogP contribution is 2.22. The van der Waals surface area contributed by atoms with E-state index in [1.165, 1.54) is 11.1 Å². The summed E-state index contributed by atoms with van der Waals surface area (Å²) in [4.78, 5) is 0. The molecule has 1 aliphatic carbocycles. The van der Waals surface area contributed by atoms with Gasteiger partial charge in [0.05, 0.1) is 6.10 Å². The second kappa shape index (κ2) is 5.65. The van der Waals surface area contributed by atoms with Gasteiger partial charge in [-0.25, -0.2) is 0 Å². The molecule has 1 aliphatic rings. The van der Waals surface area contributed by atoms with Gasteiger partial charge >= 0.3 is 0 Å². The van der Waals surface area contributed by atoms with Gasteiger partial charge in [-0.05, 0) is 43.7 Å². The van der Waals surface area contributed by atoms with Gasteiger partial charge < -0.3 is 10.4 Å². The fourth-order valence-corrected chi connectivity index (χ4v) is 2.59. The number of nitrogens with one attached hydrogen (secondary N) is 1. The number of hydrogen-bond acceptors (Lipinski definition) is 2. The third kappa shape index (κ3) is 3.08. The van der Waals surface area contributed by atoms with Crippen LogP contribution in [0.4, 0.5) is 0 Å². The summed E-state index contributed by atoms with van der Waals surface area (Å²) in [6, 6.07) is 9.36. The summed E-state index contributed by atoms with van der Waals surface area (Å²) in [5, 5.41) is 13.3. The quantitative estimate of drug-likeness (QED) is 0.838. The maximum absolute atomic E-state index is 9.80. The summed E-state index contributed by atoms with van der Waals surface area (Å²) in [5.41, 5.74) is 2.68. The first-order valence-electron chi connectivity index (χ1n) is 6.73. The van der Waals surface area contributed by atoms with Crippen molar-refractivity contribution in [2.45, 2.75) is 57.7 Å². The lowest BCUT2D eigenvalue weighted by Gasteiger charge is -2.22. The van der Waals surface area contributed by atoms with Crippen LogP contribution in [0.1, 0.15) is 50.3 Å². The van der Waals surface area contributed by atoms with Gasteiger partial charge in [-0.15, -0.1) is 0 Å². The van der Waals surface area contributed by atoms with Crippen molar-refractivity contribution in [2.24, 2.45) is 0 Å². The Labute approximate surface area is 104 Å². The topological polar surface area (TPSA) is 32.3 Å². The van der Waals surface area contributed by atoms with Crippen LogP contribution in [0.5, 0.6) is 0 Å². The summed E-state index contributed by atoms with van der Waals surface area (Å²) in [6.07, 6.45) is 4.11. The van der Waals surface area contributed by atoms with Crippen molar-refractivity contribution in [3.8, 4) is 0 Å². The van der Waals surface area contributed by atoms with Gasteiger partial charge in [-0.1, -0.05) is 31.2 Å². The van der Waals surface area contributed by atoms with E-state index in [2.05, 4.69) is 43.4 Å². The minimum atomic E-state index is -0.160. The average Bonchev–Trinajstić information content (AvgIpc) is 2.75. The molecule has 2 rings (SSSR count). The number of aliphatic hydroxyl groups excluding tert-OH is 1. The zero-order valence-corrected chi connectivity index (χ0v) is 10.8. The molecule has 0 bridgehead atoms. The van der Waals surface area contributed by atoms with Crippen LogP contribution < -0.4 is 5.32 Å². The Balaban J connectivity index is 1.96. The highest BCUT2D eigenvalue weighted by atomic mass is 16.3. The monoisotopic (exact) mass is 233 g/mol. The van der Waals surface area contributed by atoms with E-state index in [4.69, 9.17) is 0 Å². The summed E-state index contributed by atoms with van der Waals surface area (Å²) >= 11 is 0. The van der Waals surface area contributed by atoms with Crippen molar-refractivity contribution in [3.63, 3.8) is 0 Å². The molecule has 1 fully saturated rings. The van der Waals surface area contributed by atoms with Gasteiger partial charge in [0, 0.05) is 12.1 Å². The number of rotatable bonds is 4. The third-order valence-electron chi connectivity index (χ3n) is 3.83. The molecule has 1 aromatic rings. The Hall–Kier alpha value is -0.860. The Morgan fingerprint density at radius 3 is 2.53 bits per heavy atom. The summed E-state index contributed by atoms with van der Waals surface area (Å²) in [5.74, 6) is 0. The second-order valence-corrected chi connectivity index (χ2v) is 5.09. The minimum Gasteiger partial charge on any atom is -0.392 e. The van der Waals surface area contributed by atoms with E-state index in [9.17, 15) is 5.11 Å². The van der Waals surface area contributed by atoms with Crippen molar-refractivity contribution >= 4 is 0 Å². The van der Waals surface area contributed by atoms with Crippen LogP contribution in [0.2, 0.25) is 0 Å². The number of aryl methyl sites for hydroxylation is 1. The number of benzene rings is 1. The Morgan fingerprint density at radius 2 is 2.00 bits per heavy atom. The summed E-state index contributed by atoms with van der Waals surface area (Å²) in [7, 11) is 0. The van der Waals surface area contributed by atoms with Crippen LogP contribution in [0, 0.1) is 0 Å². The van der Waals surface area contributed by atoms with Gasteiger partial charge in [0.15, 0.2) is 0 Å². The van der Waals surface area contributed by atoms with Crippen LogP contribution in [0.25, 0.3) is 0 Å². The summed E-state index contributed by atoms with van der Waals surface area (Å²) < 4.78 is 0. The smallest absolute Gasteiger partial charge is 0.0693 e. The molecule has 0 aliphatic heterocycles. The van der Waals surface area contributed by atoms with Crippen molar-refractivity contribution < 1.29 is 5.11 Å². The third-order valence-corrected chi connectivity index (χ3v) is 3.83. The van der Waals surface area contributed by atoms with E-state index in [-0.39, 0.29) is 12.1 Å². The molecular weight excluding hydrogens is 210 g/mol. The SMILES string of the molecule is CCc1ccc(C(C)N[C@@H]2CCC[C@H]2O)cc1. The highest BCUT2D eigenvalue weighted by Gasteiger charge is 2.26. The van der Waals surface area contributed by atoms with Crippen LogP contribution in [0.3, 0.4) is 0 Å². The standard InChI is InChI=1S/C15H23NO/c1-3-12-7-9-13(10-8-12)11(2)16-14-5-4-6-15(14)17/h7-11,14-17H,3-6H2,1-2H3/t11?,14-,15-/m1/s1. The minimum absolute atomic E-state index is 0.160. The van der Waals surface area contributed by atoms with E-state index < -0.39 is 0 Å². The molecule has 17 heavy (non-hydrogen) atoms. The van der Waals surface area contributed by atoms with Crippen molar-refractivity contribution in [1.82, 2.24) is 5.32 Å². The Morgan fingerprint density at radius 1 is 1.29 bits per heavy atom. The van der Waals surface area contributed by atoms with E-state index >= 15 is 0 Å². The van der Waals surface area contributed by atoms with E-state index in [1.54, 1.807) is 0 Å². The predicted molar refractivity (Wildman–Crippen MR) is 71.0 cm³/mol. The average molecular weight is 233 g/mol. The largest absolute Gasteiger partial charge is 0.392 e. The van der Waals surface area contributed by atoms with Gasteiger partial charge in [-0.3, -0.25) is 0 Å². The van der Waals surface area contributed by atoms with E-state index in [1.807, 2.05) is 0 Å². The maximum Gasteiger partial charge on any atom is 0.0693 e. The van der Waals surface area contributed by atoms with E-state index in [0.29, 0.717) is 6.04 Å². The molecule has 2 N–H and O–H groups in total. The predicted octanol–water partition coefficient (Wildman–Crippen LogP) is 2.81. The molecule has 2 nitrogen and oxygen atoms in total. The summed E-state index contributed by atoms with van der Waals surface area (Å²) in [6.45, 7) is 4.34. The van der Waals surface area contributed by atoms with Gasteiger partial charge in [0.25, 0.3) is 0 Å². The molecule has 3 atom stereocenters. The molecule has 0 saturated heterocycles.